The number of rotatable bonds is 11. The van der Waals surface area contributed by atoms with Crippen molar-refractivity contribution in [1.29, 1.82) is 0 Å². The summed E-state index contributed by atoms with van der Waals surface area (Å²) in [6.07, 6.45) is 4.31. The van der Waals surface area contributed by atoms with Crippen molar-refractivity contribution in [3.8, 4) is 34.2 Å². The molecule has 4 fully saturated rings. The van der Waals surface area contributed by atoms with Gasteiger partial charge in [-0.25, -0.2) is 14.2 Å². The molecule has 2 aromatic carbocycles. The van der Waals surface area contributed by atoms with Crippen molar-refractivity contribution in [2.45, 2.75) is 148 Å². The highest BCUT2D eigenvalue weighted by Gasteiger charge is 2.43. The average Bonchev–Trinajstić information content (AvgIpc) is 4.33. The van der Waals surface area contributed by atoms with Crippen LogP contribution in [0.4, 0.5) is 8.78 Å². The van der Waals surface area contributed by atoms with E-state index >= 15 is 18.4 Å². The highest BCUT2D eigenvalue weighted by molar-refractivity contribution is 7.60. The number of benzene rings is 2. The molecule has 4 aromatic rings. The van der Waals surface area contributed by atoms with Gasteiger partial charge < -0.3 is 29.2 Å². The lowest BCUT2D eigenvalue weighted by atomic mass is 9.84. The maximum absolute atomic E-state index is 15.2. The maximum atomic E-state index is 15.2. The molecule has 0 unspecified atom stereocenters. The monoisotopic (exact) mass is 1230 g/mol. The molecule has 22 heteroatoms. The lowest BCUT2D eigenvalue weighted by Gasteiger charge is -2.41. The first-order valence-corrected chi connectivity index (χ1v) is 27.7. The fourth-order valence-electron chi connectivity index (χ4n) is 12.3. The number of halogens is 2. The number of methoxy groups -OCH3 is 1. The van der Waals surface area contributed by atoms with Crippen molar-refractivity contribution in [3.63, 3.8) is 0 Å². The van der Waals surface area contributed by atoms with Crippen LogP contribution in [0.5, 0.6) is 0 Å². The Morgan fingerprint density at radius 2 is 1.66 bits per heavy atom. The number of nitrogens with zero attached hydrogens (tertiary/aromatic N) is 6. The van der Waals surface area contributed by atoms with Gasteiger partial charge in [-0.05, 0) is 137 Å². The van der Waals surface area contributed by atoms with Gasteiger partial charge in [-0.2, -0.15) is 67.5 Å². The summed E-state index contributed by atoms with van der Waals surface area (Å²) >= 11 is 0. The average molecular weight is 1230 g/mol. The summed E-state index contributed by atoms with van der Waals surface area (Å²) in [6.45, 7) is 15.4. The highest BCUT2D eigenvalue weighted by atomic mass is 32.1. The largest absolute Gasteiger partial charge is 0.464 e. The van der Waals surface area contributed by atoms with Gasteiger partial charge >= 0.3 is 5.97 Å². The number of hydrogen-bond acceptors (Lipinski definition) is 10. The third-order valence-electron chi connectivity index (χ3n) is 16.8. The minimum atomic E-state index is -2.86. The zero-order valence-corrected chi connectivity index (χ0v) is 53.6. The smallest absolute Gasteiger partial charge is 0.324 e. The second kappa shape index (κ2) is 29.6. The lowest BCUT2D eigenvalue weighted by Crippen LogP contribution is -2.62. The molecule has 1 aliphatic carbocycles. The van der Waals surface area contributed by atoms with E-state index in [1.54, 1.807) is 31.3 Å². The number of carbonyl (C=O) groups excluding carboxylic acids is 5. The molecular formula is C60H86F2N8O7S5. The molecule has 5 atom stereocenters. The summed E-state index contributed by atoms with van der Waals surface area (Å²) < 4.78 is 44.5. The molecule has 0 spiro atoms. The van der Waals surface area contributed by atoms with Gasteiger partial charge in [0.1, 0.15) is 18.1 Å². The number of cyclic esters (lactones) is 1. The number of carbonyl (C=O) groups is 5. The first-order valence-electron chi connectivity index (χ1n) is 27.7. The number of alkyl halides is 2. The van der Waals surface area contributed by atoms with Crippen molar-refractivity contribution >= 4 is 108 Å². The van der Waals surface area contributed by atoms with Crippen LogP contribution >= 0.6 is 67.5 Å². The third kappa shape index (κ3) is 15.1. The van der Waals surface area contributed by atoms with E-state index in [0.717, 1.165) is 65.8 Å². The zero-order valence-electron chi connectivity index (χ0n) is 48.6. The van der Waals surface area contributed by atoms with E-state index in [1.807, 2.05) is 65.0 Å². The number of pyridine rings is 1. The van der Waals surface area contributed by atoms with Gasteiger partial charge in [-0.1, -0.05) is 50.8 Å². The number of hydrazine groups is 1. The molecule has 0 radical (unpaired) electrons. The minimum absolute atomic E-state index is 0. The third-order valence-corrected chi connectivity index (χ3v) is 16.8. The van der Waals surface area contributed by atoms with Crippen molar-refractivity contribution in [2.24, 2.45) is 17.3 Å². The first kappa shape index (κ1) is 70.0. The molecule has 5 aliphatic rings. The van der Waals surface area contributed by atoms with E-state index in [0.29, 0.717) is 68.3 Å². The Bertz CT molecular complexity index is 2980. The number of aryl methyl sites for hydroxylation is 1. The number of esters is 1. The Labute approximate surface area is 517 Å². The number of nitrogens with one attached hydrogen (secondary N) is 2. The van der Waals surface area contributed by atoms with E-state index in [9.17, 15) is 14.4 Å². The summed E-state index contributed by atoms with van der Waals surface area (Å²) in [4.78, 5) is 82.2. The van der Waals surface area contributed by atoms with E-state index < -0.39 is 59.2 Å². The molecular weight excluding hydrogens is 1140 g/mol. The number of hydrogen-bond donors (Lipinski definition) is 2. The fraction of sp³-hybridized carbons (Fsp3) is 0.567. The summed E-state index contributed by atoms with van der Waals surface area (Å²) in [5, 5.41) is 5.29. The van der Waals surface area contributed by atoms with Crippen molar-refractivity contribution < 1.29 is 42.2 Å². The van der Waals surface area contributed by atoms with Gasteiger partial charge in [-0.3, -0.25) is 38.9 Å². The number of likely N-dealkylation sites (tertiary alicyclic amines) is 2. The predicted molar refractivity (Wildman–Crippen MR) is 342 cm³/mol. The molecule has 4 amide bonds. The van der Waals surface area contributed by atoms with Crippen LogP contribution < -0.4 is 10.7 Å². The summed E-state index contributed by atoms with van der Waals surface area (Å²) in [6, 6.07) is 11.4. The Morgan fingerprint density at radius 3 is 2.32 bits per heavy atom. The molecule has 15 nitrogen and oxygen atoms in total. The zero-order chi connectivity index (χ0) is 54.9. The molecule has 452 valence electrons. The topological polar surface area (TPSA) is 159 Å². The molecule has 1 saturated carbocycles. The number of fused-ring (bicyclic) bond motifs is 6. The second-order valence-corrected chi connectivity index (χ2v) is 23.2. The fourth-order valence-corrected chi connectivity index (χ4v) is 12.3. The van der Waals surface area contributed by atoms with E-state index in [1.165, 1.54) is 22.0 Å². The van der Waals surface area contributed by atoms with E-state index in [-0.39, 0.29) is 123 Å². The highest BCUT2D eigenvalue weighted by Crippen LogP contribution is 2.43. The normalized spacial score (nSPS) is 20.8. The SMILES string of the molecule is CCn1c(-c2cccnc2[C@H](C)OC)c2c3cc(ccc31)-c1cc(cc(C(F)F)c1)C[C@H](NC(=O)[C@H](C1CCCC1)N(C)C(=O)[C@H]1CCN(C(=O)C#CC(C)(C)N3CCC3)C1)C(=O)N1CCC[C@H](N1)C(=O)OCC(C)(C)C2.S.S.S.S.S. The maximum Gasteiger partial charge on any atom is 0.324 e. The van der Waals surface area contributed by atoms with Gasteiger partial charge in [0.25, 0.3) is 18.2 Å². The van der Waals surface area contributed by atoms with Crippen molar-refractivity contribution in [1.82, 2.24) is 40.0 Å². The van der Waals surface area contributed by atoms with Gasteiger partial charge in [0.15, 0.2) is 0 Å². The summed E-state index contributed by atoms with van der Waals surface area (Å²) in [5.41, 5.74) is 7.90. The number of aromatic nitrogens is 2. The standard InChI is InChI=1S/C60H76F2N8O7.5H2S/c1-9-69-49-20-19-40-33-45(49)46(53(69)44-17-12-24-63-51(44)37(2)76-8)34-59(3,4)36-77-58(75)47-18-13-27-70(65-47)57(74)48(31-38-29-42(40)32-43(30-38)54(61)62)64-55(72)52(39-15-10-11-16-39)66(7)56(73)41-22-28-67(35-41)50(71)21-23-60(5,6)68-25-14-26-68;;;;;/h12,17,19-20,24,29-30,32-33,37,39,41,47-48,52,54,65H,9-11,13-16,18,22,25-28,31,34-36H2,1-8H3,(H,64,72);5*1H2/t37-,41-,47-,48-,52-;;;;;/m0...../s1. The molecule has 82 heavy (non-hydrogen) atoms. The van der Waals surface area contributed by atoms with Crippen molar-refractivity contribution in [3.05, 3.63) is 77.1 Å². The molecule has 3 saturated heterocycles. The van der Waals surface area contributed by atoms with Gasteiger partial charge in [0.2, 0.25) is 11.8 Å². The van der Waals surface area contributed by atoms with Crippen LogP contribution in [0.1, 0.15) is 128 Å². The Morgan fingerprint density at radius 1 is 0.939 bits per heavy atom. The molecule has 2 N–H and O–H groups in total. The van der Waals surface area contributed by atoms with Gasteiger partial charge in [-0.15, -0.1) is 0 Å². The number of amides is 4. The molecule has 6 heterocycles. The molecule has 6 bridgehead atoms. The molecule has 2 aromatic heterocycles. The Hall–Kier alpha value is -4.47. The quantitative estimate of drug-likeness (QED) is 0.110. The van der Waals surface area contributed by atoms with E-state index in [2.05, 4.69) is 39.0 Å². The lowest BCUT2D eigenvalue weighted by molar-refractivity contribution is -0.155. The first-order chi connectivity index (χ1) is 36.8. The van der Waals surface area contributed by atoms with Crippen LogP contribution in [0.25, 0.3) is 33.3 Å². The summed E-state index contributed by atoms with van der Waals surface area (Å²) in [7, 11) is 3.27. The summed E-state index contributed by atoms with van der Waals surface area (Å²) in [5.74, 6) is 2.97. The van der Waals surface area contributed by atoms with Crippen LogP contribution in [0.3, 0.4) is 0 Å². The van der Waals surface area contributed by atoms with Gasteiger partial charge in [0.05, 0.1) is 35.6 Å². The second-order valence-electron chi connectivity index (χ2n) is 23.2. The van der Waals surface area contributed by atoms with Crippen LogP contribution in [0.15, 0.2) is 54.7 Å². The number of likely N-dealkylation sites (N-methyl/N-ethyl adjacent to an activating group) is 1. The predicted octanol–water partition coefficient (Wildman–Crippen LogP) is 8.60. The van der Waals surface area contributed by atoms with Crippen LogP contribution in [-0.4, -0.2) is 136 Å². The number of ether oxygens (including phenoxy) is 2. The minimum Gasteiger partial charge on any atom is -0.464 e. The van der Waals surface area contributed by atoms with Crippen LogP contribution in [0, 0.1) is 29.1 Å². The Balaban J connectivity index is 0.00000289. The van der Waals surface area contributed by atoms with Gasteiger partial charge in [0, 0.05) is 93.5 Å². The molecule has 4 aliphatic heterocycles. The van der Waals surface area contributed by atoms with Crippen molar-refractivity contribution in [2.75, 3.05) is 53.5 Å². The molecule has 9 rings (SSSR count). The van der Waals surface area contributed by atoms with Crippen LogP contribution in [0.2, 0.25) is 0 Å². The van der Waals surface area contributed by atoms with Crippen LogP contribution in [-0.2, 0) is 52.8 Å². The van der Waals surface area contributed by atoms with E-state index in [4.69, 9.17) is 14.5 Å². The Kier molecular flexibility index (Phi) is 25.2.